The number of anilines is 1. The monoisotopic (exact) mass is 544 g/mol. The molecule has 5 rings (SSSR count). The van der Waals surface area contributed by atoms with Gasteiger partial charge < -0.3 is 20.7 Å². The molecule has 2 fully saturated rings. The summed E-state index contributed by atoms with van der Waals surface area (Å²) >= 11 is 0. The van der Waals surface area contributed by atoms with E-state index in [0.717, 1.165) is 61.6 Å². The van der Waals surface area contributed by atoms with Crippen molar-refractivity contribution in [3.63, 3.8) is 0 Å². The van der Waals surface area contributed by atoms with Crippen LogP contribution in [0.2, 0.25) is 0 Å². The highest BCUT2D eigenvalue weighted by atomic mass is 19.1. The number of aromatic nitrogens is 1. The van der Waals surface area contributed by atoms with Gasteiger partial charge in [-0.05, 0) is 79.7 Å². The number of nitrogens with two attached hydrogens (primary N) is 1. The molecule has 0 aliphatic heterocycles. The van der Waals surface area contributed by atoms with E-state index in [4.69, 9.17) is 10.5 Å². The largest absolute Gasteiger partial charge is 0.453 e. The molecule has 1 aromatic heterocycles. The predicted molar refractivity (Wildman–Crippen MR) is 154 cm³/mol. The van der Waals surface area contributed by atoms with E-state index in [1.165, 1.54) is 13.2 Å². The average molecular weight is 545 g/mol. The molecule has 3 aromatic rings. The van der Waals surface area contributed by atoms with Crippen LogP contribution in [0.4, 0.5) is 15.0 Å². The van der Waals surface area contributed by atoms with Crippen LogP contribution in [-0.4, -0.2) is 42.1 Å². The van der Waals surface area contributed by atoms with Crippen LogP contribution in [0.25, 0.3) is 22.3 Å². The minimum atomic E-state index is -0.340. The lowest BCUT2D eigenvalue weighted by Crippen LogP contribution is -2.43. The molecule has 7 nitrogen and oxygen atoms in total. The molecule has 0 bridgehead atoms. The van der Waals surface area contributed by atoms with Gasteiger partial charge in [0.25, 0.3) is 0 Å². The highest BCUT2D eigenvalue weighted by Gasteiger charge is 2.34. The molecule has 1 heterocycles. The first-order valence-corrected chi connectivity index (χ1v) is 14.0. The smallest absolute Gasteiger partial charge is 0.409 e. The third kappa shape index (κ3) is 5.87. The van der Waals surface area contributed by atoms with E-state index in [1.54, 1.807) is 42.4 Å². The number of hydrogen-bond acceptors (Lipinski definition) is 5. The van der Waals surface area contributed by atoms with Gasteiger partial charge in [-0.1, -0.05) is 42.5 Å². The lowest BCUT2D eigenvalue weighted by atomic mass is 9.72. The second kappa shape index (κ2) is 11.8. The number of pyridine rings is 1. The first-order chi connectivity index (χ1) is 19.3. The molecular weight excluding hydrogens is 507 g/mol. The van der Waals surface area contributed by atoms with Crippen LogP contribution in [-0.2, 0) is 15.1 Å². The van der Waals surface area contributed by atoms with Crippen LogP contribution < -0.4 is 11.1 Å². The number of methoxy groups -OCH3 is 1. The zero-order valence-electron chi connectivity index (χ0n) is 23.2. The Kier molecular flexibility index (Phi) is 8.17. The summed E-state index contributed by atoms with van der Waals surface area (Å²) in [7, 11) is 3.14. The van der Waals surface area contributed by atoms with E-state index in [0.29, 0.717) is 23.4 Å². The first kappa shape index (κ1) is 27.8. The van der Waals surface area contributed by atoms with E-state index in [2.05, 4.69) is 10.3 Å². The molecule has 2 saturated carbocycles. The lowest BCUT2D eigenvalue weighted by Gasteiger charge is -2.38. The third-order valence-electron chi connectivity index (χ3n) is 8.65. The minimum Gasteiger partial charge on any atom is -0.453 e. The van der Waals surface area contributed by atoms with Crippen LogP contribution in [0.1, 0.15) is 56.9 Å². The van der Waals surface area contributed by atoms with Gasteiger partial charge in [-0.2, -0.15) is 0 Å². The summed E-state index contributed by atoms with van der Waals surface area (Å²) in [6.07, 6.45) is 8.20. The Morgan fingerprint density at radius 2 is 1.75 bits per heavy atom. The van der Waals surface area contributed by atoms with Crippen molar-refractivity contribution in [1.29, 1.82) is 0 Å². The number of ether oxygens (including phenoxy) is 1. The summed E-state index contributed by atoms with van der Waals surface area (Å²) in [6.45, 7) is 0. The number of rotatable bonds is 7. The Balaban J connectivity index is 1.31. The zero-order valence-corrected chi connectivity index (χ0v) is 23.2. The van der Waals surface area contributed by atoms with Crippen molar-refractivity contribution in [1.82, 2.24) is 9.88 Å². The zero-order chi connectivity index (χ0) is 28.3. The molecule has 0 unspecified atom stereocenters. The maximum Gasteiger partial charge on any atom is 0.409 e. The molecule has 2 amide bonds. The van der Waals surface area contributed by atoms with Gasteiger partial charge in [-0.25, -0.2) is 14.2 Å². The number of nitrogens with one attached hydrogen (secondary N) is 1. The van der Waals surface area contributed by atoms with Gasteiger partial charge in [0.1, 0.15) is 11.6 Å². The molecule has 3 N–H and O–H groups in total. The molecule has 2 aromatic carbocycles. The highest BCUT2D eigenvalue weighted by Crippen LogP contribution is 2.40. The summed E-state index contributed by atoms with van der Waals surface area (Å²) in [6, 6.07) is 16.6. The predicted octanol–water partition coefficient (Wildman–Crippen LogP) is 6.48. The molecular formula is C32H37FN4O3. The maximum atomic E-state index is 15.0. The van der Waals surface area contributed by atoms with Gasteiger partial charge >= 0.3 is 6.09 Å². The molecule has 0 saturated heterocycles. The molecule has 2 aliphatic rings. The Bertz CT molecular complexity index is 1360. The molecule has 40 heavy (non-hydrogen) atoms. The Morgan fingerprint density at radius 1 is 1.05 bits per heavy atom. The van der Waals surface area contributed by atoms with Crippen molar-refractivity contribution in [3.05, 3.63) is 72.2 Å². The van der Waals surface area contributed by atoms with Gasteiger partial charge in [0.05, 0.1) is 7.11 Å². The van der Waals surface area contributed by atoms with E-state index < -0.39 is 0 Å². The fourth-order valence-corrected chi connectivity index (χ4v) is 5.97. The van der Waals surface area contributed by atoms with Gasteiger partial charge in [-0.3, -0.25) is 4.79 Å². The summed E-state index contributed by atoms with van der Waals surface area (Å²) in [5.41, 5.74) is 10.1. The number of carbonyl (C=O) groups is 2. The number of nitrogens with zero attached hydrogens (tertiary/aromatic N) is 2. The maximum absolute atomic E-state index is 15.0. The number of halogens is 1. The van der Waals surface area contributed by atoms with E-state index in [9.17, 15) is 14.0 Å². The molecule has 0 radical (unpaired) electrons. The van der Waals surface area contributed by atoms with Crippen LogP contribution in [0.5, 0.6) is 0 Å². The van der Waals surface area contributed by atoms with Gasteiger partial charge in [0.2, 0.25) is 5.91 Å². The van der Waals surface area contributed by atoms with Crippen molar-refractivity contribution in [2.75, 3.05) is 19.5 Å². The van der Waals surface area contributed by atoms with Crippen molar-refractivity contribution in [2.24, 2.45) is 11.7 Å². The Morgan fingerprint density at radius 3 is 2.38 bits per heavy atom. The van der Waals surface area contributed by atoms with Crippen molar-refractivity contribution >= 4 is 17.8 Å². The van der Waals surface area contributed by atoms with Crippen LogP contribution in [0.3, 0.4) is 0 Å². The average Bonchev–Trinajstić information content (AvgIpc) is 2.96. The fraction of sp³-hybridized carbons (Fsp3) is 0.406. The lowest BCUT2D eigenvalue weighted by molar-refractivity contribution is -0.117. The standard InChI is InChI=1S/C32H37FN4O3/c1-37(31(39)40-2)24-14-8-21(9-15-24)18-30(38)36-29-19-26(25-6-3-4-7-28(25)33)27(20-35-29)22-10-12-23(13-11-22)32(34)16-5-17-32/h3-4,6-7,10-13,19-21,24H,5,8-9,14-18,34H2,1-2H3,(H,35,36,38)/t21-,24-. The highest BCUT2D eigenvalue weighted by molar-refractivity contribution is 5.92. The second-order valence-corrected chi connectivity index (χ2v) is 11.2. The third-order valence-corrected chi connectivity index (χ3v) is 8.65. The van der Waals surface area contributed by atoms with Crippen LogP contribution in [0, 0.1) is 11.7 Å². The molecule has 2 aliphatic carbocycles. The van der Waals surface area contributed by atoms with Crippen molar-refractivity contribution in [2.45, 2.75) is 62.9 Å². The summed E-state index contributed by atoms with van der Waals surface area (Å²) < 4.78 is 19.8. The summed E-state index contributed by atoms with van der Waals surface area (Å²) in [5.74, 6) is 0.154. The number of amides is 2. The second-order valence-electron chi connectivity index (χ2n) is 11.2. The number of hydrogen-bond donors (Lipinski definition) is 2. The molecule has 210 valence electrons. The molecule has 8 heteroatoms. The quantitative estimate of drug-likeness (QED) is 0.355. The number of carbonyl (C=O) groups excluding carboxylic acids is 2. The van der Waals surface area contributed by atoms with Gasteiger partial charge in [0.15, 0.2) is 0 Å². The van der Waals surface area contributed by atoms with Crippen LogP contribution in [0.15, 0.2) is 60.8 Å². The van der Waals surface area contributed by atoms with Crippen LogP contribution >= 0.6 is 0 Å². The fourth-order valence-electron chi connectivity index (χ4n) is 5.97. The first-order valence-electron chi connectivity index (χ1n) is 14.0. The normalized spacial score (nSPS) is 19.8. The van der Waals surface area contributed by atoms with E-state index in [1.807, 2.05) is 24.3 Å². The van der Waals surface area contributed by atoms with Crippen molar-refractivity contribution < 1.29 is 18.7 Å². The minimum absolute atomic E-state index is 0.123. The SMILES string of the molecule is COC(=O)N(C)[C@H]1CC[C@H](CC(=O)Nc2cc(-c3ccccc3F)c(-c3ccc(C4(N)CCC4)cc3)cn2)CC1. The van der Waals surface area contributed by atoms with Gasteiger partial charge in [-0.15, -0.1) is 0 Å². The van der Waals surface area contributed by atoms with Gasteiger partial charge in [0, 0.05) is 42.4 Å². The summed E-state index contributed by atoms with van der Waals surface area (Å²) in [5, 5.41) is 2.93. The summed E-state index contributed by atoms with van der Waals surface area (Å²) in [4.78, 5) is 30.9. The van der Waals surface area contributed by atoms with E-state index in [-0.39, 0.29) is 35.3 Å². The Hall–Kier alpha value is -3.78. The number of benzene rings is 2. The van der Waals surface area contributed by atoms with Crippen molar-refractivity contribution in [3.8, 4) is 22.3 Å². The Labute approximate surface area is 234 Å². The molecule has 0 atom stereocenters. The topological polar surface area (TPSA) is 97.5 Å². The van der Waals surface area contributed by atoms with E-state index >= 15 is 0 Å². The molecule has 0 spiro atoms.